The van der Waals surface area contributed by atoms with E-state index in [0.29, 0.717) is 17.2 Å². The number of nitrogens with two attached hydrogens (primary N) is 1. The Morgan fingerprint density at radius 2 is 1.85 bits per heavy atom. The van der Waals surface area contributed by atoms with Crippen molar-refractivity contribution in [3.05, 3.63) is 17.8 Å². The summed E-state index contributed by atoms with van der Waals surface area (Å²) in [6.45, 7) is 10.1. The minimum atomic E-state index is -0.493. The average molecular weight is 275 g/mol. The molecule has 0 unspecified atom stereocenters. The molecule has 108 valence electrons. The van der Waals surface area contributed by atoms with Crippen LogP contribution in [0.2, 0.25) is 0 Å². The molecule has 1 aromatic rings. The second kappa shape index (κ2) is 4.45. The fraction of sp³-hybridized carbons (Fsp3) is 0.643. The zero-order chi connectivity index (χ0) is 14.5. The first kappa shape index (κ1) is 13.9. The third kappa shape index (κ3) is 2.03. The lowest BCUT2D eigenvalue weighted by molar-refractivity contribution is 0.00578. The van der Waals surface area contributed by atoms with Gasteiger partial charge in [0.05, 0.1) is 22.5 Å². The predicted octanol–water partition coefficient (Wildman–Crippen LogP) is 0.650. The Hall–Kier alpha value is -1.11. The van der Waals surface area contributed by atoms with E-state index in [4.69, 9.17) is 15.0 Å². The van der Waals surface area contributed by atoms with E-state index in [1.165, 1.54) is 0 Å². The quantitative estimate of drug-likeness (QED) is 0.776. The Labute approximate surface area is 120 Å². The van der Waals surface area contributed by atoms with E-state index in [2.05, 4.69) is 10.3 Å². The third-order valence-corrected chi connectivity index (χ3v) is 4.75. The highest BCUT2D eigenvalue weighted by molar-refractivity contribution is 6.62. The molecule has 1 aromatic heterocycles. The summed E-state index contributed by atoms with van der Waals surface area (Å²) >= 11 is 0. The molecule has 3 heterocycles. The van der Waals surface area contributed by atoms with Crippen molar-refractivity contribution >= 4 is 18.4 Å². The van der Waals surface area contributed by atoms with E-state index in [1.807, 2.05) is 33.8 Å². The van der Waals surface area contributed by atoms with Crippen molar-refractivity contribution in [2.75, 3.05) is 18.8 Å². The van der Waals surface area contributed by atoms with Gasteiger partial charge in [-0.3, -0.25) is 4.98 Å². The monoisotopic (exact) mass is 275 g/mol. The van der Waals surface area contributed by atoms with Crippen LogP contribution in [-0.2, 0) is 9.31 Å². The summed E-state index contributed by atoms with van der Waals surface area (Å²) in [5, 5.41) is 3.26. The van der Waals surface area contributed by atoms with Crippen LogP contribution in [0.25, 0.3) is 0 Å². The summed E-state index contributed by atoms with van der Waals surface area (Å²) in [5.74, 6) is 0.471. The number of hydrogen-bond acceptors (Lipinski definition) is 5. The number of nitrogens with zero attached hydrogens (tertiary/aromatic N) is 1. The Morgan fingerprint density at radius 1 is 1.25 bits per heavy atom. The number of hydrogen-bond donors (Lipinski definition) is 2. The molecule has 0 spiro atoms. The van der Waals surface area contributed by atoms with Gasteiger partial charge in [-0.25, -0.2) is 0 Å². The molecule has 2 saturated heterocycles. The molecule has 2 fully saturated rings. The molecular weight excluding hydrogens is 253 g/mol. The maximum Gasteiger partial charge on any atom is 0.516 e. The topological polar surface area (TPSA) is 69.4 Å². The van der Waals surface area contributed by atoms with Gasteiger partial charge < -0.3 is 20.4 Å². The van der Waals surface area contributed by atoms with Gasteiger partial charge in [0.1, 0.15) is 0 Å². The Bertz CT molecular complexity index is 513. The molecule has 0 aliphatic carbocycles. The molecule has 3 N–H and O–H groups in total. The van der Waals surface area contributed by atoms with Gasteiger partial charge in [0, 0.05) is 25.2 Å². The molecule has 0 radical (unpaired) electrons. The van der Waals surface area contributed by atoms with Crippen molar-refractivity contribution in [2.45, 2.75) is 44.8 Å². The fourth-order valence-electron chi connectivity index (χ4n) is 2.51. The van der Waals surface area contributed by atoms with Crippen molar-refractivity contribution in [1.82, 2.24) is 10.3 Å². The molecule has 2 aliphatic rings. The highest BCUT2D eigenvalue weighted by atomic mass is 16.7. The minimum absolute atomic E-state index is 0.375. The molecule has 3 rings (SSSR count). The number of nitrogen functional groups attached to an aromatic ring is 1. The molecule has 0 bridgehead atoms. The number of rotatable bonds is 2. The molecule has 0 atom stereocenters. The highest BCUT2D eigenvalue weighted by Crippen LogP contribution is 2.37. The Kier molecular flexibility index (Phi) is 3.08. The Morgan fingerprint density at radius 3 is 2.35 bits per heavy atom. The zero-order valence-corrected chi connectivity index (χ0v) is 12.6. The van der Waals surface area contributed by atoms with Crippen molar-refractivity contribution in [3.8, 4) is 0 Å². The largest absolute Gasteiger partial charge is 0.516 e. The standard InChI is InChI=1S/C14H22BN3O2/c1-13(2)14(3,4)20-15(19-13)12-11(16)10(5-6-18-12)9-7-17-8-9/h5-6,9,17H,7-8,16H2,1-4H3. The number of aromatic nitrogens is 1. The summed E-state index contributed by atoms with van der Waals surface area (Å²) in [6, 6.07) is 2.00. The lowest BCUT2D eigenvalue weighted by Gasteiger charge is -2.32. The van der Waals surface area contributed by atoms with E-state index in [9.17, 15) is 0 Å². The average Bonchev–Trinajstić information content (AvgIpc) is 2.48. The second-order valence-corrected chi connectivity index (χ2v) is 6.64. The van der Waals surface area contributed by atoms with Gasteiger partial charge in [0.2, 0.25) is 0 Å². The molecule has 6 heteroatoms. The Balaban J connectivity index is 1.92. The van der Waals surface area contributed by atoms with Gasteiger partial charge in [-0.2, -0.15) is 0 Å². The fourth-order valence-corrected chi connectivity index (χ4v) is 2.51. The van der Waals surface area contributed by atoms with Crippen LogP contribution in [0.5, 0.6) is 0 Å². The van der Waals surface area contributed by atoms with E-state index in [1.54, 1.807) is 6.20 Å². The maximum absolute atomic E-state index is 6.30. The summed E-state index contributed by atoms with van der Waals surface area (Å²) in [5.41, 5.74) is 8.10. The first-order valence-electron chi connectivity index (χ1n) is 7.12. The van der Waals surface area contributed by atoms with Gasteiger partial charge in [-0.05, 0) is 39.3 Å². The molecule has 2 aliphatic heterocycles. The normalized spacial score (nSPS) is 24.7. The van der Waals surface area contributed by atoms with Crippen molar-refractivity contribution in [1.29, 1.82) is 0 Å². The zero-order valence-electron chi connectivity index (χ0n) is 12.6. The summed E-state index contributed by atoms with van der Waals surface area (Å²) < 4.78 is 12.1. The molecule has 0 amide bonds. The van der Waals surface area contributed by atoms with Crippen LogP contribution in [0.15, 0.2) is 12.3 Å². The molecule has 0 aromatic carbocycles. The molecule has 20 heavy (non-hydrogen) atoms. The van der Waals surface area contributed by atoms with Crippen molar-refractivity contribution in [3.63, 3.8) is 0 Å². The lowest BCUT2D eigenvalue weighted by Crippen LogP contribution is -2.43. The van der Waals surface area contributed by atoms with Crippen LogP contribution in [0, 0.1) is 0 Å². The van der Waals surface area contributed by atoms with Crippen molar-refractivity contribution < 1.29 is 9.31 Å². The molecule has 5 nitrogen and oxygen atoms in total. The smallest absolute Gasteiger partial charge is 0.398 e. The summed E-state index contributed by atoms with van der Waals surface area (Å²) in [4.78, 5) is 4.40. The van der Waals surface area contributed by atoms with Crippen molar-refractivity contribution in [2.24, 2.45) is 0 Å². The highest BCUT2D eigenvalue weighted by Gasteiger charge is 2.53. The second-order valence-electron chi connectivity index (χ2n) is 6.64. The van der Waals surface area contributed by atoms with Gasteiger partial charge in [0.15, 0.2) is 0 Å². The van der Waals surface area contributed by atoms with Gasteiger partial charge in [-0.15, -0.1) is 0 Å². The van der Waals surface area contributed by atoms with Crippen LogP contribution >= 0.6 is 0 Å². The molecular formula is C14H22BN3O2. The lowest BCUT2D eigenvalue weighted by atomic mass is 9.79. The number of pyridine rings is 1. The molecule has 0 saturated carbocycles. The number of anilines is 1. The van der Waals surface area contributed by atoms with E-state index in [0.717, 1.165) is 18.7 Å². The maximum atomic E-state index is 6.30. The van der Waals surface area contributed by atoms with Crippen LogP contribution in [0.3, 0.4) is 0 Å². The minimum Gasteiger partial charge on any atom is -0.398 e. The van der Waals surface area contributed by atoms with Gasteiger partial charge in [0.25, 0.3) is 0 Å². The van der Waals surface area contributed by atoms with Crippen LogP contribution in [0.4, 0.5) is 5.69 Å². The van der Waals surface area contributed by atoms with E-state index in [-0.39, 0.29) is 11.2 Å². The van der Waals surface area contributed by atoms with E-state index < -0.39 is 7.12 Å². The predicted molar refractivity (Wildman–Crippen MR) is 80.0 cm³/mol. The first-order valence-corrected chi connectivity index (χ1v) is 7.12. The third-order valence-electron chi connectivity index (χ3n) is 4.75. The van der Waals surface area contributed by atoms with Crippen LogP contribution < -0.4 is 16.6 Å². The number of nitrogens with one attached hydrogen (secondary N) is 1. The van der Waals surface area contributed by atoms with Crippen LogP contribution in [0.1, 0.15) is 39.2 Å². The van der Waals surface area contributed by atoms with Gasteiger partial charge in [-0.1, -0.05) is 0 Å². The first-order chi connectivity index (χ1) is 9.32. The summed E-state index contributed by atoms with van der Waals surface area (Å²) in [7, 11) is -0.493. The summed E-state index contributed by atoms with van der Waals surface area (Å²) in [6.07, 6.45) is 1.80. The SMILES string of the molecule is CC1(C)OB(c2nccc(C3CNC3)c2N)OC1(C)C. The van der Waals surface area contributed by atoms with Crippen LogP contribution in [-0.4, -0.2) is 36.4 Å². The van der Waals surface area contributed by atoms with Gasteiger partial charge >= 0.3 is 7.12 Å². The van der Waals surface area contributed by atoms with E-state index >= 15 is 0 Å².